The summed E-state index contributed by atoms with van der Waals surface area (Å²) in [6.07, 6.45) is 2.64. The maximum Gasteiger partial charge on any atom is 0.307 e. The number of hydrogen-bond acceptors (Lipinski definition) is 4. The summed E-state index contributed by atoms with van der Waals surface area (Å²) in [7, 11) is 0. The fourth-order valence-electron chi connectivity index (χ4n) is 4.62. The Bertz CT molecular complexity index is 1240. The maximum atomic E-state index is 12.5. The molecular formula is C24H24Br2ClN3O2. The smallest absolute Gasteiger partial charge is 0.307 e. The predicted octanol–water partition coefficient (Wildman–Crippen LogP) is 7.49. The summed E-state index contributed by atoms with van der Waals surface area (Å²) < 4.78 is 7.35. The normalized spacial score (nSPS) is 17.7. The third-order valence-electron chi connectivity index (χ3n) is 5.95. The lowest BCUT2D eigenvalue weighted by Crippen LogP contribution is -2.48. The van der Waals surface area contributed by atoms with E-state index in [2.05, 4.69) is 81.0 Å². The number of carbonyl (C=O) groups is 1. The number of carbonyl (C=O) groups excluding carboxylic acids is 1. The van der Waals surface area contributed by atoms with E-state index >= 15 is 0 Å². The molecule has 2 heterocycles. The van der Waals surface area contributed by atoms with E-state index < -0.39 is 5.91 Å². The SMILES string of the molecule is CCN1c2cc(Cl)c(/C=N\NC(=O)c3cc4cc(Br)cc(Br)c4o3)cc2C(C)CC1(C)C. The van der Waals surface area contributed by atoms with E-state index in [0.717, 1.165) is 32.9 Å². The number of rotatable bonds is 4. The largest absolute Gasteiger partial charge is 0.450 e. The summed E-state index contributed by atoms with van der Waals surface area (Å²) >= 11 is 13.5. The first-order valence-corrected chi connectivity index (χ1v) is 12.4. The van der Waals surface area contributed by atoms with E-state index in [-0.39, 0.29) is 11.3 Å². The lowest BCUT2D eigenvalue weighted by Gasteiger charge is -2.47. The van der Waals surface area contributed by atoms with E-state index in [4.69, 9.17) is 16.0 Å². The van der Waals surface area contributed by atoms with Crippen LogP contribution in [0.25, 0.3) is 11.0 Å². The van der Waals surface area contributed by atoms with Crippen molar-refractivity contribution in [2.75, 3.05) is 11.4 Å². The number of hydrogen-bond donors (Lipinski definition) is 1. The zero-order chi connectivity index (χ0) is 23.2. The van der Waals surface area contributed by atoms with Crippen molar-refractivity contribution in [1.82, 2.24) is 5.43 Å². The van der Waals surface area contributed by atoms with Crippen LogP contribution in [0, 0.1) is 0 Å². The molecule has 3 aromatic rings. The number of anilines is 1. The van der Waals surface area contributed by atoms with Crippen molar-refractivity contribution in [3.8, 4) is 0 Å². The van der Waals surface area contributed by atoms with E-state index in [1.807, 2.05) is 18.2 Å². The Morgan fingerprint density at radius 2 is 2.06 bits per heavy atom. The van der Waals surface area contributed by atoms with Gasteiger partial charge in [-0.3, -0.25) is 4.79 Å². The second-order valence-corrected chi connectivity index (χ2v) is 10.9. The molecule has 0 saturated carbocycles. The Labute approximate surface area is 209 Å². The van der Waals surface area contributed by atoms with Gasteiger partial charge in [0.15, 0.2) is 5.76 Å². The molecule has 0 saturated heterocycles. The van der Waals surface area contributed by atoms with Crippen molar-refractivity contribution in [3.63, 3.8) is 0 Å². The van der Waals surface area contributed by atoms with Crippen molar-refractivity contribution in [3.05, 3.63) is 61.2 Å². The van der Waals surface area contributed by atoms with Gasteiger partial charge in [0.1, 0.15) is 5.58 Å². The Kier molecular flexibility index (Phi) is 6.45. The molecule has 4 rings (SSSR count). The minimum Gasteiger partial charge on any atom is -0.450 e. The molecule has 0 aliphatic carbocycles. The quantitative estimate of drug-likeness (QED) is 0.257. The van der Waals surface area contributed by atoms with Crippen LogP contribution in [0.4, 0.5) is 5.69 Å². The number of hydrazone groups is 1. The van der Waals surface area contributed by atoms with E-state index in [9.17, 15) is 4.79 Å². The minimum absolute atomic E-state index is 0.0746. The second kappa shape index (κ2) is 8.84. The van der Waals surface area contributed by atoms with Gasteiger partial charge in [-0.2, -0.15) is 5.10 Å². The summed E-state index contributed by atoms with van der Waals surface area (Å²) in [5.41, 5.74) is 6.40. The number of amides is 1. The summed E-state index contributed by atoms with van der Waals surface area (Å²) in [5, 5.41) is 5.54. The first kappa shape index (κ1) is 23.3. The second-order valence-electron chi connectivity index (χ2n) is 8.71. The molecule has 1 aliphatic rings. The van der Waals surface area contributed by atoms with E-state index in [0.29, 0.717) is 16.5 Å². The standard InChI is InChI=1S/C24H24Br2ClN3O2/c1-5-30-20-10-19(27)15(7-17(20)13(2)11-24(30,3)4)12-28-29-23(31)21-8-14-6-16(25)9-18(26)22(14)32-21/h6-10,12-13H,5,11H2,1-4H3,(H,29,31)/b28-12-. The van der Waals surface area contributed by atoms with Gasteiger partial charge in [0.2, 0.25) is 0 Å². The van der Waals surface area contributed by atoms with E-state index in [1.54, 1.807) is 12.3 Å². The molecule has 8 heteroatoms. The van der Waals surface area contributed by atoms with Crippen LogP contribution in [-0.4, -0.2) is 24.2 Å². The lowest BCUT2D eigenvalue weighted by molar-refractivity contribution is 0.0929. The number of halogens is 3. The zero-order valence-electron chi connectivity index (χ0n) is 18.3. The highest BCUT2D eigenvalue weighted by atomic mass is 79.9. The molecule has 1 aromatic heterocycles. The molecule has 0 radical (unpaired) electrons. The lowest BCUT2D eigenvalue weighted by atomic mass is 9.79. The van der Waals surface area contributed by atoms with Crippen molar-refractivity contribution in [2.24, 2.45) is 5.10 Å². The van der Waals surface area contributed by atoms with E-state index in [1.165, 1.54) is 11.3 Å². The summed E-state index contributed by atoms with van der Waals surface area (Å²) in [5.74, 6) is 0.152. The van der Waals surface area contributed by atoms with Gasteiger partial charge in [-0.25, -0.2) is 5.43 Å². The Morgan fingerprint density at radius 1 is 1.31 bits per heavy atom. The molecule has 1 aliphatic heterocycles. The van der Waals surface area contributed by atoms with Gasteiger partial charge in [-0.15, -0.1) is 0 Å². The molecule has 0 bridgehead atoms. The Hall–Kier alpha value is -1.83. The number of nitrogens with zero attached hydrogens (tertiary/aromatic N) is 2. The first-order valence-electron chi connectivity index (χ1n) is 10.4. The minimum atomic E-state index is -0.429. The van der Waals surface area contributed by atoms with Gasteiger partial charge in [0, 0.05) is 33.2 Å². The number of nitrogens with one attached hydrogen (secondary N) is 1. The Morgan fingerprint density at radius 3 is 2.78 bits per heavy atom. The van der Waals surface area contributed by atoms with Gasteiger partial charge < -0.3 is 9.32 Å². The number of fused-ring (bicyclic) bond motifs is 2. The van der Waals surface area contributed by atoms with Gasteiger partial charge in [0.05, 0.1) is 15.7 Å². The summed E-state index contributed by atoms with van der Waals surface area (Å²) in [4.78, 5) is 14.9. The molecule has 32 heavy (non-hydrogen) atoms. The van der Waals surface area contributed by atoms with Crippen LogP contribution >= 0.6 is 43.5 Å². The number of benzene rings is 2. The fraction of sp³-hybridized carbons (Fsp3) is 0.333. The highest BCUT2D eigenvalue weighted by Gasteiger charge is 2.35. The average molecular weight is 582 g/mol. The molecule has 1 N–H and O–H groups in total. The maximum absolute atomic E-state index is 12.5. The molecule has 168 valence electrons. The van der Waals surface area contributed by atoms with Crippen molar-refractivity contribution in [1.29, 1.82) is 0 Å². The van der Waals surface area contributed by atoms with Crippen LogP contribution in [-0.2, 0) is 0 Å². The topological polar surface area (TPSA) is 57.8 Å². The predicted molar refractivity (Wildman–Crippen MR) is 138 cm³/mol. The highest BCUT2D eigenvalue weighted by molar-refractivity contribution is 9.11. The third kappa shape index (κ3) is 4.35. The Balaban J connectivity index is 1.56. The molecule has 0 fully saturated rings. The average Bonchev–Trinajstić information content (AvgIpc) is 3.13. The fourth-order valence-corrected chi connectivity index (χ4v) is 6.17. The number of furan rings is 1. The van der Waals surface area contributed by atoms with Crippen LogP contribution in [0.1, 0.15) is 61.7 Å². The van der Waals surface area contributed by atoms with Crippen LogP contribution < -0.4 is 10.3 Å². The van der Waals surface area contributed by atoms with Crippen molar-refractivity contribution >= 4 is 72.2 Å². The molecule has 1 atom stereocenters. The molecular weight excluding hydrogens is 558 g/mol. The van der Waals surface area contributed by atoms with Gasteiger partial charge in [-0.1, -0.05) is 34.5 Å². The van der Waals surface area contributed by atoms with Crippen molar-refractivity contribution < 1.29 is 9.21 Å². The summed E-state index contributed by atoms with van der Waals surface area (Å²) in [6.45, 7) is 9.85. The van der Waals surface area contributed by atoms with Gasteiger partial charge in [-0.05, 0) is 84.9 Å². The van der Waals surface area contributed by atoms with Crippen molar-refractivity contribution in [2.45, 2.75) is 45.6 Å². The van der Waals surface area contributed by atoms with Crippen LogP contribution in [0.5, 0.6) is 0 Å². The molecule has 1 unspecified atom stereocenters. The van der Waals surface area contributed by atoms with Crippen LogP contribution in [0.3, 0.4) is 0 Å². The molecule has 2 aromatic carbocycles. The highest BCUT2D eigenvalue weighted by Crippen LogP contribution is 2.44. The third-order valence-corrected chi connectivity index (χ3v) is 7.32. The molecule has 1 amide bonds. The van der Waals surface area contributed by atoms with Crippen LogP contribution in [0.2, 0.25) is 5.02 Å². The molecule has 5 nitrogen and oxygen atoms in total. The zero-order valence-corrected chi connectivity index (χ0v) is 22.2. The van der Waals surface area contributed by atoms with Gasteiger partial charge >= 0.3 is 5.91 Å². The van der Waals surface area contributed by atoms with Crippen LogP contribution in [0.15, 0.2) is 48.8 Å². The first-order chi connectivity index (χ1) is 15.1. The molecule has 0 spiro atoms. The monoisotopic (exact) mass is 579 g/mol. The summed E-state index contributed by atoms with van der Waals surface area (Å²) in [6, 6.07) is 9.52. The van der Waals surface area contributed by atoms with Gasteiger partial charge in [0.25, 0.3) is 0 Å².